The monoisotopic (exact) mass is 293 g/mol. The van der Waals surface area contributed by atoms with Crippen LogP contribution in [0.25, 0.3) is 0 Å². The van der Waals surface area contributed by atoms with Crippen molar-refractivity contribution in [2.75, 3.05) is 13.1 Å². The molecule has 0 aliphatic carbocycles. The van der Waals surface area contributed by atoms with Crippen LogP contribution in [0.2, 0.25) is 0 Å². The number of aromatic nitrogens is 2. The zero-order valence-corrected chi connectivity index (χ0v) is 14.6. The molecule has 4 nitrogen and oxygen atoms in total. The van der Waals surface area contributed by atoms with Crippen LogP contribution in [0.5, 0.6) is 0 Å². The van der Waals surface area contributed by atoms with Crippen molar-refractivity contribution in [3.8, 4) is 0 Å². The van der Waals surface area contributed by atoms with Crippen LogP contribution >= 0.6 is 0 Å². The largest absolute Gasteiger partial charge is 0.343 e. The summed E-state index contributed by atoms with van der Waals surface area (Å²) in [6, 6.07) is 0. The molecule has 1 heterocycles. The van der Waals surface area contributed by atoms with E-state index >= 15 is 0 Å². The number of likely N-dealkylation sites (N-methyl/N-ethyl adjacent to an activating group) is 1. The number of hydrogen-bond donors (Lipinski definition) is 0. The third-order valence-corrected chi connectivity index (χ3v) is 3.91. The van der Waals surface area contributed by atoms with Crippen LogP contribution in [0.15, 0.2) is 0 Å². The molecule has 1 aromatic heterocycles. The van der Waals surface area contributed by atoms with Crippen LogP contribution in [0.1, 0.15) is 57.5 Å². The van der Waals surface area contributed by atoms with E-state index < -0.39 is 0 Å². The van der Waals surface area contributed by atoms with Crippen molar-refractivity contribution >= 4 is 5.91 Å². The molecule has 0 spiro atoms. The highest BCUT2D eigenvalue weighted by atomic mass is 16.2. The number of nitrogens with zero attached hydrogens (tertiary/aromatic N) is 3. The van der Waals surface area contributed by atoms with Gasteiger partial charge in [0.05, 0.1) is 12.1 Å². The Hall–Kier alpha value is -1.32. The standard InChI is InChI=1S/C17H31N3O/c1-7-9-10-19(8-2)17(21)11-16-14(5)18-20(15(16)6)12-13(3)4/h13H,7-12H2,1-6H3. The summed E-state index contributed by atoms with van der Waals surface area (Å²) in [5.41, 5.74) is 3.24. The number of carbonyl (C=O) groups is 1. The summed E-state index contributed by atoms with van der Waals surface area (Å²) in [5, 5.41) is 4.60. The fourth-order valence-electron chi connectivity index (χ4n) is 2.58. The molecule has 21 heavy (non-hydrogen) atoms. The Morgan fingerprint density at radius 2 is 1.95 bits per heavy atom. The lowest BCUT2D eigenvalue weighted by Gasteiger charge is -2.20. The smallest absolute Gasteiger partial charge is 0.227 e. The summed E-state index contributed by atoms with van der Waals surface area (Å²) in [7, 11) is 0. The van der Waals surface area contributed by atoms with E-state index in [-0.39, 0.29) is 5.91 Å². The van der Waals surface area contributed by atoms with Crippen molar-refractivity contribution in [3.63, 3.8) is 0 Å². The van der Waals surface area contributed by atoms with Gasteiger partial charge in [-0.3, -0.25) is 9.48 Å². The third-order valence-electron chi connectivity index (χ3n) is 3.91. The first-order chi connectivity index (χ1) is 9.90. The first-order valence-electron chi connectivity index (χ1n) is 8.21. The lowest BCUT2D eigenvalue weighted by Crippen LogP contribution is -2.33. The van der Waals surface area contributed by atoms with E-state index in [1.807, 2.05) is 16.5 Å². The van der Waals surface area contributed by atoms with E-state index in [0.717, 1.165) is 49.4 Å². The maximum absolute atomic E-state index is 12.5. The first kappa shape index (κ1) is 17.7. The van der Waals surface area contributed by atoms with Gasteiger partial charge in [-0.05, 0) is 33.1 Å². The maximum Gasteiger partial charge on any atom is 0.227 e. The molecule has 0 saturated heterocycles. The topological polar surface area (TPSA) is 38.1 Å². The van der Waals surface area contributed by atoms with E-state index in [2.05, 4.69) is 39.7 Å². The van der Waals surface area contributed by atoms with Gasteiger partial charge >= 0.3 is 0 Å². The SMILES string of the molecule is CCCCN(CC)C(=O)Cc1c(C)nn(CC(C)C)c1C. The first-order valence-corrected chi connectivity index (χ1v) is 8.21. The number of amides is 1. The number of rotatable bonds is 8. The molecule has 4 heteroatoms. The minimum Gasteiger partial charge on any atom is -0.343 e. The molecule has 1 rings (SSSR count). The summed E-state index contributed by atoms with van der Waals surface area (Å²) in [6.45, 7) is 15.2. The van der Waals surface area contributed by atoms with E-state index in [4.69, 9.17) is 0 Å². The molecule has 0 aromatic carbocycles. The van der Waals surface area contributed by atoms with Gasteiger partial charge in [-0.2, -0.15) is 5.10 Å². The third kappa shape index (κ3) is 4.87. The lowest BCUT2D eigenvalue weighted by atomic mass is 10.1. The molecule has 0 radical (unpaired) electrons. The molecule has 0 N–H and O–H groups in total. The van der Waals surface area contributed by atoms with E-state index in [9.17, 15) is 4.79 Å². The van der Waals surface area contributed by atoms with Crippen LogP contribution in [0, 0.1) is 19.8 Å². The van der Waals surface area contributed by atoms with Crippen molar-refractivity contribution in [1.29, 1.82) is 0 Å². The van der Waals surface area contributed by atoms with Crippen molar-refractivity contribution in [3.05, 3.63) is 17.0 Å². The van der Waals surface area contributed by atoms with Crippen molar-refractivity contribution in [1.82, 2.24) is 14.7 Å². The van der Waals surface area contributed by atoms with Crippen molar-refractivity contribution in [2.24, 2.45) is 5.92 Å². The van der Waals surface area contributed by atoms with Gasteiger partial charge in [0.1, 0.15) is 0 Å². The highest BCUT2D eigenvalue weighted by Gasteiger charge is 2.18. The fourth-order valence-corrected chi connectivity index (χ4v) is 2.58. The van der Waals surface area contributed by atoms with E-state index in [1.165, 1.54) is 0 Å². The summed E-state index contributed by atoms with van der Waals surface area (Å²) < 4.78 is 2.05. The van der Waals surface area contributed by atoms with Gasteiger partial charge in [-0.25, -0.2) is 0 Å². The fraction of sp³-hybridized carbons (Fsp3) is 0.765. The van der Waals surface area contributed by atoms with Gasteiger partial charge in [0.25, 0.3) is 0 Å². The van der Waals surface area contributed by atoms with Gasteiger partial charge in [-0.1, -0.05) is 27.2 Å². The average Bonchev–Trinajstić information content (AvgIpc) is 2.66. The lowest BCUT2D eigenvalue weighted by molar-refractivity contribution is -0.130. The Balaban J connectivity index is 2.82. The molecule has 0 aliphatic heterocycles. The van der Waals surface area contributed by atoms with Crippen molar-refractivity contribution < 1.29 is 4.79 Å². The number of carbonyl (C=O) groups excluding carboxylic acids is 1. The highest BCUT2D eigenvalue weighted by Crippen LogP contribution is 2.16. The Bertz CT molecular complexity index is 463. The zero-order valence-electron chi connectivity index (χ0n) is 14.6. The molecular formula is C17H31N3O. The van der Waals surface area contributed by atoms with Crippen molar-refractivity contribution in [2.45, 2.75) is 67.3 Å². The Kier molecular flexibility index (Phi) is 6.93. The summed E-state index contributed by atoms with van der Waals surface area (Å²) in [4.78, 5) is 14.4. The summed E-state index contributed by atoms with van der Waals surface area (Å²) in [6.07, 6.45) is 2.67. The Morgan fingerprint density at radius 1 is 1.29 bits per heavy atom. The van der Waals surface area contributed by atoms with Gasteiger partial charge < -0.3 is 4.90 Å². The Labute approximate surface area is 129 Å². The van der Waals surface area contributed by atoms with Crippen LogP contribution < -0.4 is 0 Å². The molecule has 0 bridgehead atoms. The summed E-state index contributed by atoms with van der Waals surface area (Å²) >= 11 is 0. The molecule has 0 unspecified atom stereocenters. The minimum absolute atomic E-state index is 0.223. The Morgan fingerprint density at radius 3 is 2.48 bits per heavy atom. The van der Waals surface area contributed by atoms with E-state index in [0.29, 0.717) is 12.3 Å². The maximum atomic E-state index is 12.5. The normalized spacial score (nSPS) is 11.2. The predicted molar refractivity (Wildman–Crippen MR) is 87.4 cm³/mol. The van der Waals surface area contributed by atoms with Gasteiger partial charge in [0.15, 0.2) is 0 Å². The van der Waals surface area contributed by atoms with Crippen LogP contribution in [0.4, 0.5) is 0 Å². The second-order valence-electron chi connectivity index (χ2n) is 6.23. The zero-order chi connectivity index (χ0) is 16.0. The highest BCUT2D eigenvalue weighted by molar-refractivity contribution is 5.79. The quantitative estimate of drug-likeness (QED) is 0.737. The molecule has 0 atom stereocenters. The second kappa shape index (κ2) is 8.20. The molecule has 1 aromatic rings. The molecular weight excluding hydrogens is 262 g/mol. The number of aryl methyl sites for hydroxylation is 1. The average molecular weight is 293 g/mol. The van der Waals surface area contributed by atoms with Gasteiger partial charge in [0, 0.05) is 30.9 Å². The molecule has 120 valence electrons. The second-order valence-corrected chi connectivity index (χ2v) is 6.23. The molecule has 0 aliphatic rings. The minimum atomic E-state index is 0.223. The van der Waals surface area contributed by atoms with Crippen LogP contribution in [-0.4, -0.2) is 33.7 Å². The molecule has 0 fully saturated rings. The van der Waals surface area contributed by atoms with Crippen LogP contribution in [0.3, 0.4) is 0 Å². The van der Waals surface area contributed by atoms with Gasteiger partial charge in [0.2, 0.25) is 5.91 Å². The predicted octanol–water partition coefficient (Wildman–Crippen LogP) is 3.35. The number of hydrogen-bond acceptors (Lipinski definition) is 2. The van der Waals surface area contributed by atoms with Crippen LogP contribution in [-0.2, 0) is 17.8 Å². The van der Waals surface area contributed by atoms with Gasteiger partial charge in [-0.15, -0.1) is 0 Å². The molecule has 1 amide bonds. The number of unbranched alkanes of at least 4 members (excludes halogenated alkanes) is 1. The molecule has 0 saturated carbocycles. The summed E-state index contributed by atoms with van der Waals surface area (Å²) in [5.74, 6) is 0.782. The van der Waals surface area contributed by atoms with E-state index in [1.54, 1.807) is 0 Å².